The third-order valence-corrected chi connectivity index (χ3v) is 8.02. The van der Waals surface area contributed by atoms with Gasteiger partial charge in [0.2, 0.25) is 0 Å². The molecule has 1 amide bonds. The molecule has 0 radical (unpaired) electrons. The number of amides is 1. The van der Waals surface area contributed by atoms with Gasteiger partial charge in [0, 0.05) is 50.6 Å². The van der Waals surface area contributed by atoms with E-state index >= 15 is 0 Å². The number of alkyl halides is 1. The number of likely N-dealkylation sites (tertiary alicyclic amines) is 2. The molecule has 37 heavy (non-hydrogen) atoms. The Morgan fingerprint density at radius 3 is 2.46 bits per heavy atom. The SMILES string of the molecule is O=C1C(F)CCN1[C@@H](c1ccc(CN2CCC3(CC2)OCc2ccncc23)cc1)c1ccc(F)c(F)c1. The largest absolute Gasteiger partial charge is 0.365 e. The lowest BCUT2D eigenvalue weighted by Gasteiger charge is -2.39. The molecule has 4 heterocycles. The third kappa shape index (κ3) is 4.42. The molecule has 1 aromatic heterocycles. The Balaban J connectivity index is 1.17. The molecule has 2 fully saturated rings. The molecule has 2 aromatic carbocycles. The Bertz CT molecular complexity index is 1310. The minimum absolute atomic E-state index is 0.0950. The van der Waals surface area contributed by atoms with Crippen LogP contribution in [0.3, 0.4) is 0 Å². The van der Waals surface area contributed by atoms with Gasteiger partial charge in [-0.1, -0.05) is 30.3 Å². The van der Waals surface area contributed by atoms with E-state index in [0.717, 1.165) is 55.7 Å². The van der Waals surface area contributed by atoms with Crippen LogP contribution in [0.2, 0.25) is 0 Å². The van der Waals surface area contributed by atoms with Crippen LogP contribution in [0.25, 0.3) is 0 Å². The van der Waals surface area contributed by atoms with Crippen molar-refractivity contribution in [2.24, 2.45) is 0 Å². The van der Waals surface area contributed by atoms with Crippen LogP contribution in [-0.4, -0.2) is 46.5 Å². The van der Waals surface area contributed by atoms with Crippen LogP contribution in [-0.2, 0) is 28.3 Å². The average molecular weight is 508 g/mol. The number of benzene rings is 2. The topological polar surface area (TPSA) is 45.7 Å². The van der Waals surface area contributed by atoms with Gasteiger partial charge in [-0.25, -0.2) is 13.2 Å². The molecule has 3 aliphatic rings. The van der Waals surface area contributed by atoms with E-state index < -0.39 is 29.8 Å². The molecule has 1 unspecified atom stereocenters. The first-order valence-corrected chi connectivity index (χ1v) is 12.7. The van der Waals surface area contributed by atoms with Crippen molar-refractivity contribution < 1.29 is 22.7 Å². The number of fused-ring (bicyclic) bond motifs is 2. The maximum atomic E-state index is 14.1. The second-order valence-corrected chi connectivity index (χ2v) is 10.2. The van der Waals surface area contributed by atoms with Crippen LogP contribution < -0.4 is 0 Å². The van der Waals surface area contributed by atoms with Gasteiger partial charge in [0.1, 0.15) is 0 Å². The van der Waals surface area contributed by atoms with Crippen molar-refractivity contribution in [2.75, 3.05) is 19.6 Å². The smallest absolute Gasteiger partial charge is 0.257 e. The monoisotopic (exact) mass is 507 g/mol. The Morgan fingerprint density at radius 2 is 1.76 bits per heavy atom. The fourth-order valence-corrected chi connectivity index (χ4v) is 5.96. The summed E-state index contributed by atoms with van der Waals surface area (Å²) in [5.74, 6) is -2.57. The molecule has 5 nitrogen and oxygen atoms in total. The quantitative estimate of drug-likeness (QED) is 0.486. The van der Waals surface area contributed by atoms with Crippen LogP contribution in [0.4, 0.5) is 13.2 Å². The Morgan fingerprint density at radius 1 is 1.00 bits per heavy atom. The first-order valence-electron chi connectivity index (χ1n) is 12.7. The summed E-state index contributed by atoms with van der Waals surface area (Å²) in [5, 5.41) is 0. The molecule has 2 saturated heterocycles. The van der Waals surface area contributed by atoms with Gasteiger partial charge in [-0.05, 0) is 53.3 Å². The van der Waals surface area contributed by atoms with Crippen LogP contribution >= 0.6 is 0 Å². The van der Waals surface area contributed by atoms with Gasteiger partial charge in [0.05, 0.1) is 18.2 Å². The maximum absolute atomic E-state index is 14.1. The number of halogens is 3. The van der Waals surface area contributed by atoms with Gasteiger partial charge in [0.15, 0.2) is 17.8 Å². The normalized spacial score (nSPS) is 22.0. The number of piperidine rings is 1. The van der Waals surface area contributed by atoms with Crippen molar-refractivity contribution in [1.82, 2.24) is 14.8 Å². The lowest BCUT2D eigenvalue weighted by molar-refractivity contribution is -0.133. The van der Waals surface area contributed by atoms with Crippen LogP contribution in [0.1, 0.15) is 53.1 Å². The molecule has 3 aliphatic heterocycles. The van der Waals surface area contributed by atoms with E-state index in [1.165, 1.54) is 22.1 Å². The van der Waals surface area contributed by atoms with E-state index in [9.17, 15) is 18.0 Å². The number of ether oxygens (including phenoxy) is 1. The number of pyridine rings is 1. The number of hydrogen-bond acceptors (Lipinski definition) is 4. The third-order valence-electron chi connectivity index (χ3n) is 8.02. The highest BCUT2D eigenvalue weighted by Gasteiger charge is 2.43. The van der Waals surface area contributed by atoms with Crippen molar-refractivity contribution in [2.45, 2.75) is 50.2 Å². The number of nitrogens with zero attached hydrogens (tertiary/aromatic N) is 3. The summed E-state index contributed by atoms with van der Waals surface area (Å²) in [6, 6.07) is 12.7. The molecule has 1 spiro atoms. The van der Waals surface area contributed by atoms with Crippen LogP contribution in [0, 0.1) is 11.6 Å². The van der Waals surface area contributed by atoms with Crippen molar-refractivity contribution in [3.8, 4) is 0 Å². The van der Waals surface area contributed by atoms with Crippen molar-refractivity contribution in [1.29, 1.82) is 0 Å². The summed E-state index contributed by atoms with van der Waals surface area (Å²) in [5.41, 5.74) is 4.46. The highest BCUT2D eigenvalue weighted by Crippen LogP contribution is 2.44. The molecule has 0 bridgehead atoms. The molecule has 8 heteroatoms. The maximum Gasteiger partial charge on any atom is 0.257 e. The van der Waals surface area contributed by atoms with Gasteiger partial charge in [-0.15, -0.1) is 0 Å². The average Bonchev–Trinajstić information content (AvgIpc) is 3.44. The van der Waals surface area contributed by atoms with E-state index in [2.05, 4.69) is 9.88 Å². The molecule has 6 rings (SSSR count). The standard InChI is InChI=1S/C29H28F3N3O2/c30-24-6-5-21(15-26(24)32)27(35-12-8-25(31)28(35)36)20-3-1-19(2-4-20)17-34-13-9-29(10-14-34)23-16-33-11-7-22(23)18-37-29/h1-7,11,15-16,25,27H,8-10,12-14,17-18H2/t25?,27-/m0/s1. The summed E-state index contributed by atoms with van der Waals surface area (Å²) >= 11 is 0. The lowest BCUT2D eigenvalue weighted by atomic mass is 9.84. The van der Waals surface area contributed by atoms with Crippen molar-refractivity contribution in [3.05, 3.63) is 100 Å². The summed E-state index contributed by atoms with van der Waals surface area (Å²) in [6.45, 7) is 3.42. The zero-order chi connectivity index (χ0) is 25.6. The second-order valence-electron chi connectivity index (χ2n) is 10.2. The Hall–Kier alpha value is -3.23. The van der Waals surface area contributed by atoms with Gasteiger partial charge in [0.25, 0.3) is 5.91 Å². The number of aromatic nitrogens is 1. The van der Waals surface area contributed by atoms with Crippen LogP contribution in [0.5, 0.6) is 0 Å². The number of carbonyl (C=O) groups excluding carboxylic acids is 1. The van der Waals surface area contributed by atoms with Crippen molar-refractivity contribution >= 4 is 5.91 Å². The highest BCUT2D eigenvalue weighted by molar-refractivity contribution is 5.83. The van der Waals surface area contributed by atoms with E-state index in [0.29, 0.717) is 12.2 Å². The number of carbonyl (C=O) groups is 1. The predicted molar refractivity (Wildman–Crippen MR) is 131 cm³/mol. The Labute approximate surface area is 213 Å². The number of rotatable bonds is 5. The minimum atomic E-state index is -1.57. The molecule has 0 aliphatic carbocycles. The Kier molecular flexibility index (Phi) is 6.24. The van der Waals surface area contributed by atoms with E-state index in [1.807, 2.05) is 42.7 Å². The molecule has 2 atom stereocenters. The first-order chi connectivity index (χ1) is 17.9. The lowest BCUT2D eigenvalue weighted by Crippen LogP contribution is -2.42. The zero-order valence-electron chi connectivity index (χ0n) is 20.4. The second kappa shape index (κ2) is 9.58. The van der Waals surface area contributed by atoms with Gasteiger partial charge < -0.3 is 9.64 Å². The molecule has 0 saturated carbocycles. The van der Waals surface area contributed by atoms with Crippen molar-refractivity contribution in [3.63, 3.8) is 0 Å². The fraction of sp³-hybridized carbons (Fsp3) is 0.379. The summed E-state index contributed by atoms with van der Waals surface area (Å²) in [6.07, 6.45) is 4.09. The van der Waals surface area contributed by atoms with E-state index in [4.69, 9.17) is 4.74 Å². The molecule has 3 aromatic rings. The van der Waals surface area contributed by atoms with Gasteiger partial charge in [-0.2, -0.15) is 0 Å². The summed E-state index contributed by atoms with van der Waals surface area (Å²) < 4.78 is 48.0. The van der Waals surface area contributed by atoms with Crippen LogP contribution in [0.15, 0.2) is 60.9 Å². The molecular weight excluding hydrogens is 479 g/mol. The number of hydrogen-bond donors (Lipinski definition) is 0. The first kappa shape index (κ1) is 24.1. The minimum Gasteiger partial charge on any atom is -0.365 e. The molecule has 0 N–H and O–H groups in total. The fourth-order valence-electron chi connectivity index (χ4n) is 5.96. The van der Waals surface area contributed by atoms with Gasteiger partial charge >= 0.3 is 0 Å². The van der Waals surface area contributed by atoms with E-state index in [-0.39, 0.29) is 18.6 Å². The predicted octanol–water partition coefficient (Wildman–Crippen LogP) is 5.04. The summed E-state index contributed by atoms with van der Waals surface area (Å²) in [7, 11) is 0. The summed E-state index contributed by atoms with van der Waals surface area (Å²) in [4.78, 5) is 20.6. The molecule has 192 valence electrons. The van der Waals surface area contributed by atoms with Gasteiger partial charge in [-0.3, -0.25) is 14.7 Å². The van der Waals surface area contributed by atoms with E-state index in [1.54, 1.807) is 0 Å². The highest BCUT2D eigenvalue weighted by atomic mass is 19.2. The zero-order valence-corrected chi connectivity index (χ0v) is 20.4. The molecular formula is C29H28F3N3O2.